The van der Waals surface area contributed by atoms with Gasteiger partial charge in [-0.2, -0.15) is 0 Å². The second-order valence-corrected chi connectivity index (χ2v) is 8.36. The molecule has 172 valence electrons. The second-order valence-electron chi connectivity index (χ2n) is 7.95. The largest absolute Gasteiger partial charge is 0.573 e. The van der Waals surface area contributed by atoms with Crippen LogP contribution < -0.4 is 14.2 Å². The maximum atomic E-state index is 12.7. The summed E-state index contributed by atoms with van der Waals surface area (Å²) in [5, 5.41) is 9.09. The van der Waals surface area contributed by atoms with Gasteiger partial charge in [0.25, 0.3) is 0 Å². The van der Waals surface area contributed by atoms with Gasteiger partial charge in [0.15, 0.2) is 0 Å². The summed E-state index contributed by atoms with van der Waals surface area (Å²) in [6, 6.07) is 9.40. The quantitative estimate of drug-likeness (QED) is 0.662. The fourth-order valence-electron chi connectivity index (χ4n) is 4.24. The van der Waals surface area contributed by atoms with Crippen LogP contribution in [0.15, 0.2) is 36.4 Å². The molecule has 0 amide bonds. The molecule has 0 saturated carbocycles. The SMILES string of the molecule is O=C(O)CN1CCC2(CC1)COc1cc(OCc3c(Cl)cccc3OC(F)(F)F)ccc12. The van der Waals surface area contributed by atoms with Gasteiger partial charge in [0.05, 0.1) is 23.7 Å². The number of aliphatic carboxylic acids is 1. The van der Waals surface area contributed by atoms with Crippen molar-refractivity contribution in [2.75, 3.05) is 26.2 Å². The zero-order valence-electron chi connectivity index (χ0n) is 17.0. The van der Waals surface area contributed by atoms with Gasteiger partial charge in [-0.1, -0.05) is 23.7 Å². The Balaban J connectivity index is 1.45. The maximum Gasteiger partial charge on any atom is 0.573 e. The number of benzene rings is 2. The summed E-state index contributed by atoms with van der Waals surface area (Å²) in [5.41, 5.74) is 0.966. The molecule has 2 heterocycles. The van der Waals surface area contributed by atoms with Crippen molar-refractivity contribution in [3.05, 3.63) is 52.5 Å². The van der Waals surface area contributed by atoms with Crippen LogP contribution in [0.5, 0.6) is 17.2 Å². The van der Waals surface area contributed by atoms with Gasteiger partial charge in [-0.3, -0.25) is 9.69 Å². The zero-order valence-corrected chi connectivity index (χ0v) is 17.7. The molecule has 32 heavy (non-hydrogen) atoms. The highest BCUT2D eigenvalue weighted by molar-refractivity contribution is 6.31. The molecule has 2 aromatic carbocycles. The van der Waals surface area contributed by atoms with Crippen molar-refractivity contribution in [1.29, 1.82) is 0 Å². The Morgan fingerprint density at radius 3 is 2.66 bits per heavy atom. The van der Waals surface area contributed by atoms with Gasteiger partial charge in [0.2, 0.25) is 0 Å². The molecule has 0 bridgehead atoms. The Bertz CT molecular complexity index is 1010. The predicted octanol–water partition coefficient (Wildman–Crippen LogP) is 4.63. The number of carboxylic acids is 1. The Morgan fingerprint density at radius 1 is 1.22 bits per heavy atom. The predicted molar refractivity (Wildman–Crippen MR) is 109 cm³/mol. The Labute approximate surface area is 187 Å². The molecular formula is C22H21ClF3NO5. The van der Waals surface area contributed by atoms with Crippen molar-refractivity contribution in [3.63, 3.8) is 0 Å². The summed E-state index contributed by atoms with van der Waals surface area (Å²) in [7, 11) is 0. The van der Waals surface area contributed by atoms with Crippen molar-refractivity contribution >= 4 is 17.6 Å². The third kappa shape index (κ3) is 4.88. The van der Waals surface area contributed by atoms with E-state index in [4.69, 9.17) is 26.2 Å². The lowest BCUT2D eigenvalue weighted by Gasteiger charge is -2.37. The standard InChI is InChI=1S/C22H21ClF3NO5/c23-17-2-1-3-18(32-22(24,25)26)15(17)12-30-14-4-5-16-19(10-14)31-13-21(16)6-8-27(9-7-21)11-20(28)29/h1-5,10H,6-9,11-13H2,(H,28,29). The number of halogens is 4. The maximum absolute atomic E-state index is 12.7. The first-order valence-corrected chi connectivity index (χ1v) is 10.4. The Kier molecular flexibility index (Phi) is 6.13. The van der Waals surface area contributed by atoms with Gasteiger partial charge in [-0.25, -0.2) is 0 Å². The van der Waals surface area contributed by atoms with E-state index in [1.54, 1.807) is 12.1 Å². The monoisotopic (exact) mass is 471 g/mol. The minimum absolute atomic E-state index is 0.0264. The number of likely N-dealkylation sites (tertiary alicyclic amines) is 1. The fourth-order valence-corrected chi connectivity index (χ4v) is 4.46. The van der Waals surface area contributed by atoms with Crippen LogP contribution in [0.1, 0.15) is 24.0 Å². The number of rotatable bonds is 6. The highest BCUT2D eigenvalue weighted by Gasteiger charge is 2.43. The molecule has 0 aliphatic carbocycles. The number of ether oxygens (including phenoxy) is 3. The number of carboxylic acid groups (broad SMARTS) is 1. The molecule has 10 heteroatoms. The molecule has 1 saturated heterocycles. The fraction of sp³-hybridized carbons (Fsp3) is 0.409. The third-order valence-corrected chi connectivity index (χ3v) is 6.24. The van der Waals surface area contributed by atoms with Gasteiger partial charge < -0.3 is 19.3 Å². The molecule has 2 aliphatic heterocycles. The molecule has 0 unspecified atom stereocenters. The zero-order chi connectivity index (χ0) is 22.9. The van der Waals surface area contributed by atoms with E-state index in [0.717, 1.165) is 18.4 Å². The molecular weight excluding hydrogens is 451 g/mol. The van der Waals surface area contributed by atoms with E-state index >= 15 is 0 Å². The first-order valence-electron chi connectivity index (χ1n) is 10.0. The minimum Gasteiger partial charge on any atom is -0.492 e. The van der Waals surface area contributed by atoms with E-state index < -0.39 is 18.1 Å². The number of hydrogen-bond donors (Lipinski definition) is 1. The normalized spacial score (nSPS) is 17.6. The Hall–Kier alpha value is -2.65. The average molecular weight is 472 g/mol. The smallest absolute Gasteiger partial charge is 0.492 e. The number of piperidine rings is 1. The van der Waals surface area contributed by atoms with Crippen molar-refractivity contribution in [1.82, 2.24) is 4.90 Å². The average Bonchev–Trinajstić information content (AvgIpc) is 3.05. The van der Waals surface area contributed by atoms with E-state index in [0.29, 0.717) is 31.2 Å². The van der Waals surface area contributed by atoms with Crippen molar-refractivity contribution in [2.24, 2.45) is 0 Å². The number of fused-ring (bicyclic) bond motifs is 2. The second kappa shape index (κ2) is 8.71. The molecule has 2 aromatic rings. The van der Waals surface area contributed by atoms with Gasteiger partial charge in [-0.15, -0.1) is 13.2 Å². The summed E-state index contributed by atoms with van der Waals surface area (Å²) < 4.78 is 53.7. The van der Waals surface area contributed by atoms with Gasteiger partial charge in [0, 0.05) is 17.0 Å². The summed E-state index contributed by atoms with van der Waals surface area (Å²) >= 11 is 6.07. The summed E-state index contributed by atoms with van der Waals surface area (Å²) in [6.45, 7) is 1.66. The van der Waals surface area contributed by atoms with Crippen LogP contribution in [0.2, 0.25) is 5.02 Å². The number of alkyl halides is 3. The van der Waals surface area contributed by atoms with E-state index in [-0.39, 0.29) is 29.2 Å². The van der Waals surface area contributed by atoms with Crippen molar-refractivity contribution in [3.8, 4) is 17.2 Å². The molecule has 0 aromatic heterocycles. The van der Waals surface area contributed by atoms with E-state index in [1.807, 2.05) is 11.0 Å². The first kappa shape index (κ1) is 22.5. The van der Waals surface area contributed by atoms with Crippen LogP contribution in [0.3, 0.4) is 0 Å². The lowest BCUT2D eigenvalue weighted by atomic mass is 9.74. The summed E-state index contributed by atoms with van der Waals surface area (Å²) in [6.07, 6.45) is -3.27. The van der Waals surface area contributed by atoms with Crippen LogP contribution in [-0.4, -0.2) is 48.6 Å². The third-order valence-electron chi connectivity index (χ3n) is 5.89. The summed E-state index contributed by atoms with van der Waals surface area (Å²) in [4.78, 5) is 12.8. The topological polar surface area (TPSA) is 68.2 Å². The highest BCUT2D eigenvalue weighted by Crippen LogP contribution is 2.46. The lowest BCUT2D eigenvalue weighted by molar-refractivity contribution is -0.275. The number of carbonyl (C=O) groups is 1. The minimum atomic E-state index is -4.84. The molecule has 1 N–H and O–H groups in total. The van der Waals surface area contributed by atoms with Gasteiger partial charge in [-0.05, 0) is 44.1 Å². The van der Waals surface area contributed by atoms with E-state index in [1.165, 1.54) is 18.2 Å². The van der Waals surface area contributed by atoms with Crippen LogP contribution in [0.25, 0.3) is 0 Å². The van der Waals surface area contributed by atoms with Crippen molar-refractivity contribution in [2.45, 2.75) is 31.2 Å². The molecule has 4 rings (SSSR count). The number of hydrogen-bond acceptors (Lipinski definition) is 5. The van der Waals surface area contributed by atoms with Crippen LogP contribution in [-0.2, 0) is 16.8 Å². The van der Waals surface area contributed by atoms with Crippen molar-refractivity contribution < 1.29 is 37.3 Å². The lowest BCUT2D eigenvalue weighted by Crippen LogP contribution is -2.45. The van der Waals surface area contributed by atoms with E-state index in [9.17, 15) is 18.0 Å². The van der Waals surface area contributed by atoms with Crippen LogP contribution in [0, 0.1) is 0 Å². The van der Waals surface area contributed by atoms with E-state index in [2.05, 4.69) is 4.74 Å². The Morgan fingerprint density at radius 2 is 1.97 bits per heavy atom. The molecule has 2 aliphatic rings. The highest BCUT2D eigenvalue weighted by atomic mass is 35.5. The first-order chi connectivity index (χ1) is 15.2. The molecule has 6 nitrogen and oxygen atoms in total. The molecule has 0 radical (unpaired) electrons. The molecule has 0 atom stereocenters. The van der Waals surface area contributed by atoms with Gasteiger partial charge in [0.1, 0.15) is 23.9 Å². The molecule has 1 fully saturated rings. The van der Waals surface area contributed by atoms with Crippen LogP contribution in [0.4, 0.5) is 13.2 Å². The molecule has 1 spiro atoms. The van der Waals surface area contributed by atoms with Crippen LogP contribution >= 0.6 is 11.6 Å². The summed E-state index contributed by atoms with van der Waals surface area (Å²) in [5.74, 6) is -0.148. The number of nitrogens with zero attached hydrogens (tertiary/aromatic N) is 1. The van der Waals surface area contributed by atoms with Gasteiger partial charge >= 0.3 is 12.3 Å².